The highest BCUT2D eigenvalue weighted by atomic mass is 32.2. The molecule has 2 aromatic carbocycles. The van der Waals surface area contributed by atoms with Gasteiger partial charge in [-0.25, -0.2) is 9.48 Å². The molecule has 0 aliphatic carbocycles. The number of aromatic nitrogens is 3. The van der Waals surface area contributed by atoms with Gasteiger partial charge in [0.1, 0.15) is 12.6 Å². The summed E-state index contributed by atoms with van der Waals surface area (Å²) in [6.45, 7) is 6.91. The van der Waals surface area contributed by atoms with Crippen LogP contribution in [-0.2, 0) is 16.1 Å². The monoisotopic (exact) mass is 536 g/mol. The average molecular weight is 537 g/mol. The maximum atomic E-state index is 13.5. The lowest BCUT2D eigenvalue weighted by atomic mass is 9.95. The zero-order valence-electron chi connectivity index (χ0n) is 22.5. The molecule has 1 N–H and O–H groups in total. The van der Waals surface area contributed by atoms with Crippen molar-refractivity contribution >= 4 is 23.7 Å². The van der Waals surface area contributed by atoms with Crippen molar-refractivity contribution < 1.29 is 19.0 Å². The van der Waals surface area contributed by atoms with Gasteiger partial charge in [0.25, 0.3) is 0 Å². The number of rotatable bonds is 13. The lowest BCUT2D eigenvalue weighted by Crippen LogP contribution is -2.29. The van der Waals surface area contributed by atoms with E-state index in [4.69, 9.17) is 19.3 Å². The Morgan fingerprint density at radius 1 is 1.08 bits per heavy atom. The summed E-state index contributed by atoms with van der Waals surface area (Å²) in [4.78, 5) is 18.2. The van der Waals surface area contributed by atoms with E-state index >= 15 is 0 Å². The van der Waals surface area contributed by atoms with Gasteiger partial charge in [0.15, 0.2) is 11.5 Å². The molecule has 0 fully saturated rings. The highest BCUT2D eigenvalue weighted by Gasteiger charge is 2.35. The molecule has 1 aromatic heterocycles. The first-order valence-corrected chi connectivity index (χ1v) is 14.1. The molecule has 3 aromatic rings. The van der Waals surface area contributed by atoms with Gasteiger partial charge < -0.3 is 19.5 Å². The van der Waals surface area contributed by atoms with Crippen molar-refractivity contribution in [3.8, 4) is 11.5 Å². The molecule has 0 amide bonds. The minimum atomic E-state index is -0.541. The molecule has 0 bridgehead atoms. The number of hydrogen-bond acceptors (Lipinski definition) is 8. The number of nitrogens with one attached hydrogen (secondary N) is 1. The number of carbonyl (C=O) groups excluding carboxylic acids is 1. The standard InChI is InChI=1S/C29H36N4O4S/c1-5-7-8-12-17-36-23-16-15-22(18-24(23)35-4)26-25(27(34)37-19-21-13-10-9-11-14-21)20(3)30-28-31-29(38-6-2)32-33(26)28/h9-11,13-16,18,26H,5-8,12,17,19H2,1-4H3,(H,30,31,32). The fourth-order valence-electron chi connectivity index (χ4n) is 4.38. The molecule has 0 saturated heterocycles. The van der Waals surface area contributed by atoms with Crippen molar-refractivity contribution in [3.05, 3.63) is 70.9 Å². The Labute approximate surface area is 228 Å². The number of benzene rings is 2. The number of hydrogen-bond donors (Lipinski definition) is 1. The van der Waals surface area contributed by atoms with E-state index in [2.05, 4.69) is 24.1 Å². The van der Waals surface area contributed by atoms with E-state index in [1.807, 2.05) is 55.5 Å². The number of thioether (sulfide) groups is 1. The highest BCUT2D eigenvalue weighted by Crippen LogP contribution is 2.40. The van der Waals surface area contributed by atoms with Crippen LogP contribution < -0.4 is 14.8 Å². The fourth-order valence-corrected chi connectivity index (χ4v) is 4.93. The number of esters is 1. The van der Waals surface area contributed by atoms with E-state index in [0.29, 0.717) is 40.5 Å². The number of nitrogens with zero attached hydrogens (tertiary/aromatic N) is 3. The number of ether oxygens (including phenoxy) is 3. The van der Waals surface area contributed by atoms with Crippen LogP contribution in [0.3, 0.4) is 0 Å². The summed E-state index contributed by atoms with van der Waals surface area (Å²) in [5.74, 6) is 2.29. The van der Waals surface area contributed by atoms with Gasteiger partial charge in [0, 0.05) is 5.70 Å². The molecule has 4 rings (SSSR count). The lowest BCUT2D eigenvalue weighted by Gasteiger charge is -2.28. The largest absolute Gasteiger partial charge is 0.493 e. The van der Waals surface area contributed by atoms with Crippen molar-refractivity contribution in [3.63, 3.8) is 0 Å². The highest BCUT2D eigenvalue weighted by molar-refractivity contribution is 7.99. The first kappa shape index (κ1) is 27.6. The minimum Gasteiger partial charge on any atom is -0.493 e. The smallest absolute Gasteiger partial charge is 0.338 e. The van der Waals surface area contributed by atoms with Crippen LogP contribution in [0.4, 0.5) is 5.95 Å². The number of allylic oxidation sites excluding steroid dienone is 1. The Kier molecular flexibility index (Phi) is 9.70. The van der Waals surface area contributed by atoms with Crippen LogP contribution in [-0.4, -0.2) is 40.2 Å². The van der Waals surface area contributed by atoms with Gasteiger partial charge in [-0.05, 0) is 42.4 Å². The Hall–Kier alpha value is -3.46. The predicted octanol–water partition coefficient (Wildman–Crippen LogP) is 6.39. The van der Waals surface area contributed by atoms with Crippen LogP contribution in [0.1, 0.15) is 63.6 Å². The van der Waals surface area contributed by atoms with E-state index < -0.39 is 12.0 Å². The topological polar surface area (TPSA) is 87.5 Å². The van der Waals surface area contributed by atoms with Crippen molar-refractivity contribution in [1.29, 1.82) is 0 Å². The van der Waals surface area contributed by atoms with Gasteiger partial charge in [-0.15, -0.1) is 5.10 Å². The SMILES string of the molecule is CCCCCCOc1ccc(C2C(C(=O)OCc3ccccc3)=C(C)Nc3nc(SCC)nn32)cc1OC. The van der Waals surface area contributed by atoms with Crippen molar-refractivity contribution in [2.75, 3.05) is 24.8 Å². The Bertz CT molecular complexity index is 1260. The Morgan fingerprint density at radius 2 is 1.89 bits per heavy atom. The van der Waals surface area contributed by atoms with Crippen LogP contribution in [0.5, 0.6) is 11.5 Å². The van der Waals surface area contributed by atoms with Crippen molar-refractivity contribution in [1.82, 2.24) is 14.8 Å². The zero-order valence-corrected chi connectivity index (χ0v) is 23.3. The third kappa shape index (κ3) is 6.51. The molecule has 9 heteroatoms. The van der Waals surface area contributed by atoms with Crippen molar-refractivity contribution in [2.45, 2.75) is 64.3 Å². The lowest BCUT2D eigenvalue weighted by molar-refractivity contribution is -0.140. The number of methoxy groups -OCH3 is 1. The molecule has 1 atom stereocenters. The Morgan fingerprint density at radius 3 is 2.63 bits per heavy atom. The summed E-state index contributed by atoms with van der Waals surface area (Å²) in [7, 11) is 1.62. The molecule has 1 aliphatic heterocycles. The molecular weight excluding hydrogens is 500 g/mol. The molecule has 0 spiro atoms. The molecule has 8 nitrogen and oxygen atoms in total. The quantitative estimate of drug-likeness (QED) is 0.153. The third-order valence-corrected chi connectivity index (χ3v) is 7.02. The third-order valence-electron chi connectivity index (χ3n) is 6.30. The summed E-state index contributed by atoms with van der Waals surface area (Å²) in [6.07, 6.45) is 4.51. The van der Waals surface area contributed by atoms with Crippen LogP contribution in [0.15, 0.2) is 65.0 Å². The summed E-state index contributed by atoms with van der Waals surface area (Å²) in [5, 5.41) is 8.63. The molecule has 1 unspecified atom stereocenters. The van der Waals surface area contributed by atoms with Gasteiger partial charge >= 0.3 is 5.97 Å². The second-order valence-electron chi connectivity index (χ2n) is 9.04. The molecule has 0 saturated carbocycles. The maximum Gasteiger partial charge on any atom is 0.338 e. The van der Waals surface area contributed by atoms with E-state index in [1.54, 1.807) is 23.6 Å². The van der Waals surface area contributed by atoms with E-state index in [1.165, 1.54) is 12.8 Å². The van der Waals surface area contributed by atoms with Gasteiger partial charge in [-0.3, -0.25) is 0 Å². The van der Waals surface area contributed by atoms with Crippen molar-refractivity contribution in [2.24, 2.45) is 0 Å². The molecule has 1 aliphatic rings. The second kappa shape index (κ2) is 13.4. The number of anilines is 1. The summed E-state index contributed by atoms with van der Waals surface area (Å²) >= 11 is 1.55. The average Bonchev–Trinajstić information content (AvgIpc) is 3.33. The van der Waals surface area contributed by atoms with Gasteiger partial charge in [0.05, 0.1) is 19.3 Å². The molecule has 202 valence electrons. The van der Waals surface area contributed by atoms with Crippen LogP contribution in [0, 0.1) is 0 Å². The van der Waals surface area contributed by atoms with Crippen LogP contribution in [0.2, 0.25) is 0 Å². The van der Waals surface area contributed by atoms with Gasteiger partial charge in [-0.1, -0.05) is 81.3 Å². The first-order chi connectivity index (χ1) is 18.5. The van der Waals surface area contributed by atoms with E-state index in [0.717, 1.165) is 29.7 Å². The summed E-state index contributed by atoms with van der Waals surface area (Å²) < 4.78 is 19.2. The van der Waals surface area contributed by atoms with E-state index in [-0.39, 0.29) is 6.61 Å². The summed E-state index contributed by atoms with van der Waals surface area (Å²) in [6, 6.07) is 14.9. The van der Waals surface area contributed by atoms with Crippen LogP contribution in [0.25, 0.3) is 0 Å². The number of fused-ring (bicyclic) bond motifs is 1. The van der Waals surface area contributed by atoms with E-state index in [9.17, 15) is 4.79 Å². The molecule has 0 radical (unpaired) electrons. The molecule has 38 heavy (non-hydrogen) atoms. The number of unbranched alkanes of at least 4 members (excludes halogenated alkanes) is 3. The summed E-state index contributed by atoms with van der Waals surface area (Å²) in [5.41, 5.74) is 2.90. The fraction of sp³-hybridized carbons (Fsp3) is 0.414. The molecular formula is C29H36N4O4S. The normalized spacial score (nSPS) is 14.6. The first-order valence-electron chi connectivity index (χ1n) is 13.1. The minimum absolute atomic E-state index is 0.179. The van der Waals surface area contributed by atoms with Crippen LogP contribution >= 0.6 is 11.8 Å². The number of carbonyl (C=O) groups is 1. The zero-order chi connectivity index (χ0) is 26.9. The Balaban J connectivity index is 1.65. The van der Waals surface area contributed by atoms with Gasteiger partial charge in [0.2, 0.25) is 11.1 Å². The van der Waals surface area contributed by atoms with Gasteiger partial charge in [-0.2, -0.15) is 4.98 Å². The predicted molar refractivity (Wildman–Crippen MR) is 150 cm³/mol. The molecule has 2 heterocycles. The second-order valence-corrected chi connectivity index (χ2v) is 10.3. The maximum absolute atomic E-state index is 13.5.